The van der Waals surface area contributed by atoms with Gasteiger partial charge in [-0.1, -0.05) is 30.3 Å². The van der Waals surface area contributed by atoms with E-state index in [1.807, 2.05) is 18.2 Å². The van der Waals surface area contributed by atoms with Crippen molar-refractivity contribution in [1.29, 1.82) is 0 Å². The quantitative estimate of drug-likeness (QED) is 0.474. The van der Waals surface area contributed by atoms with Gasteiger partial charge in [0.05, 0.1) is 12.7 Å². The van der Waals surface area contributed by atoms with Gasteiger partial charge >= 0.3 is 5.97 Å². The first-order chi connectivity index (χ1) is 16.9. The van der Waals surface area contributed by atoms with Crippen LogP contribution < -0.4 is 10.1 Å². The van der Waals surface area contributed by atoms with Gasteiger partial charge in [0.25, 0.3) is 5.91 Å². The van der Waals surface area contributed by atoms with Crippen LogP contribution in [-0.4, -0.2) is 44.8 Å². The van der Waals surface area contributed by atoms with E-state index in [9.17, 15) is 18.0 Å². The number of benzene rings is 3. The molecule has 3 aromatic carbocycles. The van der Waals surface area contributed by atoms with Crippen LogP contribution in [0.25, 0.3) is 0 Å². The van der Waals surface area contributed by atoms with Crippen molar-refractivity contribution in [3.8, 4) is 5.75 Å². The van der Waals surface area contributed by atoms with Crippen LogP contribution in [0.5, 0.6) is 5.75 Å². The van der Waals surface area contributed by atoms with Gasteiger partial charge < -0.3 is 14.8 Å². The van der Waals surface area contributed by atoms with Crippen molar-refractivity contribution in [2.45, 2.75) is 24.3 Å². The molecule has 8 nitrogen and oxygen atoms in total. The number of para-hydroxylation sites is 1. The first-order valence-electron chi connectivity index (χ1n) is 11.2. The molecule has 0 aliphatic carbocycles. The average molecular weight is 495 g/mol. The lowest BCUT2D eigenvalue weighted by atomic mass is 10.1. The number of anilines is 1. The topological polar surface area (TPSA) is 102 Å². The summed E-state index contributed by atoms with van der Waals surface area (Å²) in [5, 5.41) is 2.81. The number of ether oxygens (including phenoxy) is 2. The molecule has 0 radical (unpaired) electrons. The van der Waals surface area contributed by atoms with Crippen LogP contribution in [0, 0.1) is 0 Å². The van der Waals surface area contributed by atoms with Crippen LogP contribution in [0.15, 0.2) is 77.7 Å². The minimum atomic E-state index is -3.78. The molecule has 1 aliphatic rings. The van der Waals surface area contributed by atoms with Crippen molar-refractivity contribution < 1.29 is 27.5 Å². The average Bonchev–Trinajstić information content (AvgIpc) is 3.44. The third-order valence-corrected chi connectivity index (χ3v) is 7.62. The minimum Gasteiger partial charge on any atom is -0.495 e. The smallest absolute Gasteiger partial charge is 0.338 e. The van der Waals surface area contributed by atoms with Crippen LogP contribution in [0.3, 0.4) is 0 Å². The molecule has 1 heterocycles. The van der Waals surface area contributed by atoms with Crippen LogP contribution in [0.4, 0.5) is 5.69 Å². The zero-order valence-electron chi connectivity index (χ0n) is 19.3. The summed E-state index contributed by atoms with van der Waals surface area (Å²) < 4.78 is 38.1. The van der Waals surface area contributed by atoms with Gasteiger partial charge in [0.2, 0.25) is 10.0 Å². The van der Waals surface area contributed by atoms with E-state index >= 15 is 0 Å². The van der Waals surface area contributed by atoms with Gasteiger partial charge in [0, 0.05) is 24.3 Å². The summed E-state index contributed by atoms with van der Waals surface area (Å²) in [4.78, 5) is 25.0. The van der Waals surface area contributed by atoms with E-state index in [2.05, 4.69) is 5.32 Å². The Balaban J connectivity index is 1.41. The number of carbonyl (C=O) groups excluding carboxylic acids is 2. The molecule has 0 unspecified atom stereocenters. The van der Waals surface area contributed by atoms with Gasteiger partial charge in [-0.05, 0) is 60.9 Å². The van der Waals surface area contributed by atoms with Gasteiger partial charge in [-0.25, -0.2) is 13.2 Å². The molecule has 1 fully saturated rings. The van der Waals surface area contributed by atoms with Gasteiger partial charge in [-0.2, -0.15) is 4.31 Å². The fraction of sp³-hybridized carbons (Fsp3) is 0.231. The molecule has 3 aromatic rings. The van der Waals surface area contributed by atoms with E-state index in [0.717, 1.165) is 12.8 Å². The molecule has 1 aliphatic heterocycles. The SMILES string of the molecule is COc1ccc(C(=O)OCc2ccc(C(=O)Nc3ccccc3)cc2)cc1S(=O)(=O)N1CCCC1. The van der Waals surface area contributed by atoms with Crippen molar-refractivity contribution in [3.05, 3.63) is 89.5 Å². The van der Waals surface area contributed by atoms with Crippen molar-refractivity contribution in [1.82, 2.24) is 4.31 Å². The molecule has 35 heavy (non-hydrogen) atoms. The third kappa shape index (κ3) is 5.70. The minimum absolute atomic E-state index is 0.0281. The van der Waals surface area contributed by atoms with Crippen molar-refractivity contribution in [3.63, 3.8) is 0 Å². The first-order valence-corrected chi connectivity index (χ1v) is 12.6. The van der Waals surface area contributed by atoms with Crippen LogP contribution >= 0.6 is 0 Å². The molecule has 0 aromatic heterocycles. The van der Waals surface area contributed by atoms with E-state index < -0.39 is 16.0 Å². The highest BCUT2D eigenvalue weighted by atomic mass is 32.2. The van der Waals surface area contributed by atoms with Crippen molar-refractivity contribution in [2.75, 3.05) is 25.5 Å². The van der Waals surface area contributed by atoms with E-state index in [1.165, 1.54) is 29.6 Å². The van der Waals surface area contributed by atoms with Crippen LogP contribution in [0.2, 0.25) is 0 Å². The Morgan fingerprint density at radius 3 is 2.23 bits per heavy atom. The van der Waals surface area contributed by atoms with Gasteiger partial charge in [-0.3, -0.25) is 4.79 Å². The molecule has 0 spiro atoms. The highest BCUT2D eigenvalue weighted by Gasteiger charge is 2.30. The summed E-state index contributed by atoms with van der Waals surface area (Å²) in [5.74, 6) is -0.723. The number of sulfonamides is 1. The Morgan fingerprint density at radius 1 is 0.914 bits per heavy atom. The van der Waals surface area contributed by atoms with Crippen LogP contribution in [-0.2, 0) is 21.4 Å². The van der Waals surface area contributed by atoms with Gasteiger partial charge in [0.15, 0.2) is 0 Å². The second kappa shape index (κ2) is 10.7. The van der Waals surface area contributed by atoms with Crippen molar-refractivity contribution >= 4 is 27.6 Å². The molecular formula is C26H26N2O6S. The summed E-state index contributed by atoms with van der Waals surface area (Å²) >= 11 is 0. The van der Waals surface area contributed by atoms with Gasteiger partial charge in [0.1, 0.15) is 17.3 Å². The normalized spacial score (nSPS) is 13.9. The molecule has 4 rings (SSSR count). The second-order valence-electron chi connectivity index (χ2n) is 8.07. The Morgan fingerprint density at radius 2 is 1.57 bits per heavy atom. The van der Waals surface area contributed by atoms with E-state index in [1.54, 1.807) is 36.4 Å². The fourth-order valence-corrected chi connectivity index (χ4v) is 5.48. The fourth-order valence-electron chi connectivity index (χ4n) is 3.78. The lowest BCUT2D eigenvalue weighted by molar-refractivity contribution is 0.0472. The Labute approximate surface area is 204 Å². The highest BCUT2D eigenvalue weighted by molar-refractivity contribution is 7.89. The lowest BCUT2D eigenvalue weighted by Crippen LogP contribution is -2.28. The Bertz CT molecular complexity index is 1300. The zero-order valence-corrected chi connectivity index (χ0v) is 20.1. The number of nitrogens with one attached hydrogen (secondary N) is 1. The zero-order chi connectivity index (χ0) is 24.8. The van der Waals surface area contributed by atoms with Gasteiger partial charge in [-0.15, -0.1) is 0 Å². The number of methoxy groups -OCH3 is 1. The maximum Gasteiger partial charge on any atom is 0.338 e. The van der Waals surface area contributed by atoms with E-state index in [0.29, 0.717) is 29.9 Å². The monoisotopic (exact) mass is 494 g/mol. The number of hydrogen-bond donors (Lipinski definition) is 1. The van der Waals surface area contributed by atoms with Crippen molar-refractivity contribution in [2.24, 2.45) is 0 Å². The Hall–Kier alpha value is -3.69. The van der Waals surface area contributed by atoms with E-state index in [-0.39, 0.29) is 28.7 Å². The maximum atomic E-state index is 13.0. The summed E-state index contributed by atoms with van der Waals surface area (Å²) in [5.41, 5.74) is 1.97. The Kier molecular flexibility index (Phi) is 7.48. The molecule has 182 valence electrons. The lowest BCUT2D eigenvalue weighted by Gasteiger charge is -2.18. The number of carbonyl (C=O) groups is 2. The number of rotatable bonds is 8. The molecular weight excluding hydrogens is 468 g/mol. The number of hydrogen-bond acceptors (Lipinski definition) is 6. The molecule has 0 atom stereocenters. The molecule has 1 N–H and O–H groups in total. The molecule has 9 heteroatoms. The molecule has 1 saturated heterocycles. The molecule has 1 amide bonds. The van der Waals surface area contributed by atoms with E-state index in [4.69, 9.17) is 9.47 Å². The first kappa shape index (κ1) is 24.4. The molecule has 0 bridgehead atoms. The second-order valence-corrected chi connectivity index (χ2v) is 9.98. The summed E-state index contributed by atoms with van der Waals surface area (Å²) in [6.45, 7) is 0.860. The predicted octanol–water partition coefficient (Wildman–Crippen LogP) is 4.09. The third-order valence-electron chi connectivity index (χ3n) is 5.70. The standard InChI is InChI=1S/C26H26N2O6S/c1-33-23-14-13-21(17-24(23)35(31,32)28-15-5-6-16-28)26(30)34-18-19-9-11-20(12-10-19)25(29)27-22-7-3-2-4-8-22/h2-4,7-14,17H,5-6,15-16,18H2,1H3,(H,27,29). The summed E-state index contributed by atoms with van der Waals surface area (Å²) in [6, 6.07) is 20.1. The molecule has 0 saturated carbocycles. The number of amides is 1. The summed E-state index contributed by atoms with van der Waals surface area (Å²) in [7, 11) is -2.39. The number of nitrogens with zero attached hydrogens (tertiary/aromatic N) is 1. The largest absolute Gasteiger partial charge is 0.495 e. The number of esters is 1. The van der Waals surface area contributed by atoms with Crippen LogP contribution in [0.1, 0.15) is 39.1 Å². The summed E-state index contributed by atoms with van der Waals surface area (Å²) in [6.07, 6.45) is 1.60. The highest BCUT2D eigenvalue weighted by Crippen LogP contribution is 2.30. The maximum absolute atomic E-state index is 13.0. The predicted molar refractivity (Wildman–Crippen MR) is 131 cm³/mol.